The van der Waals surface area contributed by atoms with E-state index in [2.05, 4.69) is 29.7 Å². The van der Waals surface area contributed by atoms with E-state index < -0.39 is 5.60 Å². The Morgan fingerprint density at radius 3 is 2.24 bits per heavy atom. The lowest BCUT2D eigenvalue weighted by Crippen LogP contribution is -2.42. The monoisotopic (exact) mass is 348 g/mol. The third-order valence-electron chi connectivity index (χ3n) is 4.15. The van der Waals surface area contributed by atoms with Crippen LogP contribution in [0.15, 0.2) is 24.3 Å². The number of anilines is 1. The zero-order chi connectivity index (χ0) is 18.3. The zero-order valence-corrected chi connectivity index (χ0v) is 15.9. The third-order valence-corrected chi connectivity index (χ3v) is 4.15. The van der Waals surface area contributed by atoms with Gasteiger partial charge in [-0.05, 0) is 77.1 Å². The number of hydrogen-bond donors (Lipinski definition) is 2. The normalized spacial score (nSPS) is 20.6. The van der Waals surface area contributed by atoms with Crippen LogP contribution in [-0.4, -0.2) is 30.4 Å². The molecule has 0 aromatic heterocycles. The van der Waals surface area contributed by atoms with Gasteiger partial charge in [-0.2, -0.15) is 0 Å². The van der Waals surface area contributed by atoms with Gasteiger partial charge in [-0.25, -0.2) is 4.79 Å². The maximum atomic E-state index is 11.8. The lowest BCUT2D eigenvalue weighted by Gasteiger charge is -2.31. The number of ether oxygens (including phenoxy) is 2. The van der Waals surface area contributed by atoms with Crippen molar-refractivity contribution in [3.8, 4) is 5.75 Å². The summed E-state index contributed by atoms with van der Waals surface area (Å²) in [5.74, 6) is 0.915. The van der Waals surface area contributed by atoms with E-state index in [1.807, 2.05) is 32.9 Å². The number of benzene rings is 1. The van der Waals surface area contributed by atoms with Crippen LogP contribution in [0, 0.1) is 0 Å². The maximum absolute atomic E-state index is 11.8. The van der Waals surface area contributed by atoms with Gasteiger partial charge in [0.15, 0.2) is 0 Å². The van der Waals surface area contributed by atoms with Crippen LogP contribution in [0.4, 0.5) is 10.5 Å². The highest BCUT2D eigenvalue weighted by atomic mass is 16.6. The van der Waals surface area contributed by atoms with E-state index in [0.717, 1.165) is 50.1 Å². The Hall–Kier alpha value is -1.91. The topological polar surface area (TPSA) is 59.6 Å². The first-order valence-corrected chi connectivity index (χ1v) is 9.34. The van der Waals surface area contributed by atoms with E-state index in [1.165, 1.54) is 0 Å². The molecule has 5 nitrogen and oxygen atoms in total. The second kappa shape index (κ2) is 8.97. The van der Waals surface area contributed by atoms with Crippen LogP contribution in [0.1, 0.15) is 59.8 Å². The van der Waals surface area contributed by atoms with Gasteiger partial charge in [0.1, 0.15) is 11.4 Å². The molecule has 1 aliphatic rings. The molecule has 0 radical (unpaired) electrons. The zero-order valence-electron chi connectivity index (χ0n) is 15.9. The standard InChI is InChI=1S/C20H32N2O3/c1-5-14-24-18-12-10-16(11-13-18)21-15-6-8-17(9-7-15)22-19(23)25-20(2,3)4/h10-13,15,17,21H,5-9,14H2,1-4H3,(H,22,23). The molecule has 0 aliphatic heterocycles. The highest BCUT2D eigenvalue weighted by Gasteiger charge is 2.24. The minimum atomic E-state index is -0.449. The Labute approximate surface area is 151 Å². The second-order valence-corrected chi connectivity index (χ2v) is 7.71. The summed E-state index contributed by atoms with van der Waals surface area (Å²) in [6.45, 7) is 8.50. The summed E-state index contributed by atoms with van der Waals surface area (Å²) in [5.41, 5.74) is 0.669. The molecule has 5 heteroatoms. The maximum Gasteiger partial charge on any atom is 0.407 e. The number of nitrogens with one attached hydrogen (secondary N) is 2. The summed E-state index contributed by atoms with van der Waals surface area (Å²) in [5, 5.41) is 6.56. The molecular formula is C20H32N2O3. The van der Waals surface area contributed by atoms with E-state index in [9.17, 15) is 4.79 Å². The Morgan fingerprint density at radius 2 is 1.68 bits per heavy atom. The molecule has 1 saturated carbocycles. The van der Waals surface area contributed by atoms with E-state index in [0.29, 0.717) is 6.04 Å². The van der Waals surface area contributed by atoms with Crippen molar-refractivity contribution in [2.24, 2.45) is 0 Å². The Morgan fingerprint density at radius 1 is 1.08 bits per heavy atom. The fraction of sp³-hybridized carbons (Fsp3) is 0.650. The molecule has 0 unspecified atom stereocenters. The van der Waals surface area contributed by atoms with Crippen molar-refractivity contribution < 1.29 is 14.3 Å². The number of carbonyl (C=O) groups is 1. The predicted octanol–water partition coefficient (Wildman–Crippen LogP) is 4.72. The largest absolute Gasteiger partial charge is 0.494 e. The SMILES string of the molecule is CCCOc1ccc(NC2CCC(NC(=O)OC(C)(C)C)CC2)cc1. The molecule has 25 heavy (non-hydrogen) atoms. The highest BCUT2D eigenvalue weighted by Crippen LogP contribution is 2.24. The van der Waals surface area contributed by atoms with E-state index in [4.69, 9.17) is 9.47 Å². The molecule has 0 bridgehead atoms. The molecule has 1 fully saturated rings. The first-order valence-electron chi connectivity index (χ1n) is 9.34. The van der Waals surface area contributed by atoms with Gasteiger partial charge in [0.2, 0.25) is 0 Å². The summed E-state index contributed by atoms with van der Waals surface area (Å²) in [7, 11) is 0. The van der Waals surface area contributed by atoms with Crippen molar-refractivity contribution >= 4 is 11.8 Å². The quantitative estimate of drug-likeness (QED) is 0.781. The Bertz CT molecular complexity index is 529. The number of hydrogen-bond acceptors (Lipinski definition) is 4. The summed E-state index contributed by atoms with van der Waals surface area (Å²) in [4.78, 5) is 11.8. The molecular weight excluding hydrogens is 316 g/mol. The molecule has 140 valence electrons. The van der Waals surface area contributed by atoms with Crippen molar-refractivity contribution in [2.75, 3.05) is 11.9 Å². The van der Waals surface area contributed by atoms with Crippen LogP contribution in [0.3, 0.4) is 0 Å². The number of carbonyl (C=O) groups excluding carboxylic acids is 1. The van der Waals surface area contributed by atoms with Crippen LogP contribution in [-0.2, 0) is 4.74 Å². The molecule has 2 rings (SSSR count). The molecule has 0 saturated heterocycles. The predicted molar refractivity (Wildman–Crippen MR) is 101 cm³/mol. The van der Waals surface area contributed by atoms with Crippen LogP contribution in [0.25, 0.3) is 0 Å². The number of rotatable bonds is 6. The van der Waals surface area contributed by atoms with Gasteiger partial charge in [-0.3, -0.25) is 0 Å². The fourth-order valence-electron chi connectivity index (χ4n) is 2.96. The lowest BCUT2D eigenvalue weighted by atomic mass is 9.91. The van der Waals surface area contributed by atoms with E-state index in [-0.39, 0.29) is 12.1 Å². The van der Waals surface area contributed by atoms with E-state index in [1.54, 1.807) is 0 Å². The molecule has 0 heterocycles. The number of amides is 1. The smallest absolute Gasteiger partial charge is 0.407 e. The molecule has 1 amide bonds. The average molecular weight is 348 g/mol. The Kier molecular flexibility index (Phi) is 6.97. The fourth-order valence-corrected chi connectivity index (χ4v) is 2.96. The minimum absolute atomic E-state index is 0.206. The van der Waals surface area contributed by atoms with Crippen molar-refractivity contribution in [2.45, 2.75) is 77.5 Å². The van der Waals surface area contributed by atoms with Gasteiger partial charge in [0, 0.05) is 17.8 Å². The minimum Gasteiger partial charge on any atom is -0.494 e. The summed E-state index contributed by atoms with van der Waals surface area (Å²) < 4.78 is 10.9. The van der Waals surface area contributed by atoms with Crippen molar-refractivity contribution in [3.63, 3.8) is 0 Å². The van der Waals surface area contributed by atoms with Crippen LogP contribution in [0.5, 0.6) is 5.75 Å². The molecule has 1 aromatic carbocycles. The van der Waals surface area contributed by atoms with Gasteiger partial charge < -0.3 is 20.1 Å². The van der Waals surface area contributed by atoms with Gasteiger partial charge in [-0.1, -0.05) is 6.92 Å². The first kappa shape index (κ1) is 19.4. The van der Waals surface area contributed by atoms with Crippen molar-refractivity contribution in [1.82, 2.24) is 5.32 Å². The van der Waals surface area contributed by atoms with Gasteiger partial charge in [-0.15, -0.1) is 0 Å². The van der Waals surface area contributed by atoms with Crippen molar-refractivity contribution in [1.29, 1.82) is 0 Å². The first-order chi connectivity index (χ1) is 11.9. The molecule has 2 N–H and O–H groups in total. The van der Waals surface area contributed by atoms with Gasteiger partial charge in [0.05, 0.1) is 6.61 Å². The number of alkyl carbamates (subject to hydrolysis) is 1. The molecule has 1 aromatic rings. The van der Waals surface area contributed by atoms with E-state index >= 15 is 0 Å². The van der Waals surface area contributed by atoms with Crippen LogP contribution < -0.4 is 15.4 Å². The summed E-state index contributed by atoms with van der Waals surface area (Å²) in [6, 6.07) is 8.80. The third kappa shape index (κ3) is 7.24. The van der Waals surface area contributed by atoms with Crippen LogP contribution in [0.2, 0.25) is 0 Å². The lowest BCUT2D eigenvalue weighted by molar-refractivity contribution is 0.0492. The molecule has 0 spiro atoms. The van der Waals surface area contributed by atoms with Crippen LogP contribution >= 0.6 is 0 Å². The average Bonchev–Trinajstić information content (AvgIpc) is 2.54. The Balaban J connectivity index is 1.72. The molecule has 0 atom stereocenters. The van der Waals surface area contributed by atoms with Crippen molar-refractivity contribution in [3.05, 3.63) is 24.3 Å². The summed E-state index contributed by atoms with van der Waals surface area (Å²) in [6.07, 6.45) is 4.71. The molecule has 1 aliphatic carbocycles. The second-order valence-electron chi connectivity index (χ2n) is 7.71. The van der Waals surface area contributed by atoms with Gasteiger partial charge in [0.25, 0.3) is 0 Å². The highest BCUT2D eigenvalue weighted by molar-refractivity contribution is 5.68. The van der Waals surface area contributed by atoms with Gasteiger partial charge >= 0.3 is 6.09 Å². The summed E-state index contributed by atoms with van der Waals surface area (Å²) >= 11 is 0.